The molecule has 0 bridgehead atoms. The zero-order valence-corrected chi connectivity index (χ0v) is 74.2. The normalized spacial score (nSPS) is 11.7. The highest BCUT2D eigenvalue weighted by molar-refractivity contribution is 7.26. The molecule has 0 amide bonds. The van der Waals surface area contributed by atoms with Crippen LogP contribution in [0.4, 0.5) is 68.2 Å². The van der Waals surface area contributed by atoms with E-state index in [1.165, 1.54) is 155 Å². The Morgan fingerprint density at radius 1 is 0.188 bits per heavy atom. The molecule has 0 fully saturated rings. The van der Waals surface area contributed by atoms with E-state index in [0.717, 1.165) is 79.4 Å². The summed E-state index contributed by atoms with van der Waals surface area (Å²) in [4.78, 5) is 9.86. The fraction of sp³-hybridized carbons (Fsp3) is 0.0656. The number of thiophene rings is 2. The van der Waals surface area contributed by atoms with Crippen molar-refractivity contribution < 1.29 is 0 Å². The quantitative estimate of drug-likeness (QED) is 0.101. The molecule has 0 N–H and O–H groups in total. The first-order valence-corrected chi connectivity index (χ1v) is 45.8. The lowest BCUT2D eigenvalue weighted by Crippen LogP contribution is -2.14. The van der Waals surface area contributed by atoms with Crippen molar-refractivity contribution in [2.24, 2.45) is 0 Å². The number of nitrogens with zero attached hydrogens (tertiary/aromatic N) is 4. The average molecular weight is 1680 g/mol. The molecule has 0 aliphatic heterocycles. The van der Waals surface area contributed by atoms with Crippen molar-refractivity contribution in [3.8, 4) is 33.4 Å². The van der Waals surface area contributed by atoms with Gasteiger partial charge in [-0.3, -0.25) is 0 Å². The van der Waals surface area contributed by atoms with Crippen molar-refractivity contribution in [2.45, 2.75) is 53.9 Å². The molecule has 23 aromatic rings. The molecule has 0 spiro atoms. The van der Waals surface area contributed by atoms with Crippen molar-refractivity contribution in [1.82, 2.24) is 0 Å². The van der Waals surface area contributed by atoms with Crippen LogP contribution in [-0.4, -0.2) is 0 Å². The summed E-state index contributed by atoms with van der Waals surface area (Å²) in [6, 6.07) is 160. The Morgan fingerprint density at radius 3 is 0.914 bits per heavy atom. The second kappa shape index (κ2) is 32.7. The molecule has 612 valence electrons. The van der Waals surface area contributed by atoms with E-state index in [-0.39, 0.29) is 5.41 Å². The molecule has 0 atom stereocenters. The first-order chi connectivity index (χ1) is 62.6. The van der Waals surface area contributed by atoms with Gasteiger partial charge >= 0.3 is 0 Å². The Bertz CT molecular complexity index is 7770. The fourth-order valence-corrected chi connectivity index (χ4v) is 21.9. The number of benzene rings is 21. The highest BCUT2D eigenvalue weighted by atomic mass is 32.1. The monoisotopic (exact) mass is 1680 g/mol. The van der Waals surface area contributed by atoms with Crippen molar-refractivity contribution in [3.63, 3.8) is 0 Å². The van der Waals surface area contributed by atoms with Gasteiger partial charge in [-0.2, -0.15) is 0 Å². The topological polar surface area (TPSA) is 13.0 Å². The first kappa shape index (κ1) is 78.8. The third-order valence-electron chi connectivity index (χ3n) is 25.3. The zero-order valence-electron chi connectivity index (χ0n) is 72.6. The molecule has 6 heteroatoms. The second-order valence-corrected chi connectivity index (χ2v) is 37.3. The van der Waals surface area contributed by atoms with Gasteiger partial charge in [0.15, 0.2) is 0 Å². The third-order valence-corrected chi connectivity index (χ3v) is 27.7. The summed E-state index contributed by atoms with van der Waals surface area (Å²) in [6.45, 7) is 15.7. The second-order valence-electron chi connectivity index (χ2n) is 35.2. The standard InChI is InChI=1S/C62H46N2S.C60H46N2S/c1-62(2,3)50-27-32-58-59-22-12-21-57(61(59)65-60(58)39-50)49-37-55(63(51-28-23-41-13-4-8-17-45(41)33-51)52-29-24-42-14-5-9-18-46(42)34-52)40-56(38-49)64(53-30-25-43-15-6-10-19-47(43)35-53)54-31-26-44-16-7-11-20-48(44)36-54;1-39-29-40(2)32-48(31-39)61(49-33-41(3)30-42(4)34-49)50-35-47(54-23-14-24-56-55-28-27-46(37-59(55)63-60(54)56)43-15-6-5-7-16-43)36-51(38-50)62(57-25-12-19-44-17-8-10-21-52(44)57)58-26-13-20-45-18-9-11-22-53(45)58/h4-40H,1-3H3;5-38H,1-4H3. The van der Waals surface area contributed by atoms with Crippen LogP contribution in [-0.2, 0) is 5.41 Å². The van der Waals surface area contributed by atoms with Crippen LogP contribution in [0.2, 0.25) is 0 Å². The van der Waals surface area contributed by atoms with E-state index < -0.39 is 0 Å². The summed E-state index contributed by atoms with van der Waals surface area (Å²) in [7, 11) is 0. The lowest BCUT2D eigenvalue weighted by molar-refractivity contribution is 0.591. The highest BCUT2D eigenvalue weighted by Crippen LogP contribution is 2.53. The molecule has 0 aliphatic rings. The molecule has 0 unspecified atom stereocenters. The number of hydrogen-bond acceptors (Lipinski definition) is 6. The van der Waals surface area contributed by atoms with Gasteiger partial charge < -0.3 is 19.6 Å². The van der Waals surface area contributed by atoms with Crippen molar-refractivity contribution in [1.29, 1.82) is 0 Å². The summed E-state index contributed by atoms with van der Waals surface area (Å²) >= 11 is 3.80. The van der Waals surface area contributed by atoms with E-state index in [2.05, 4.69) is 499 Å². The lowest BCUT2D eigenvalue weighted by Gasteiger charge is -2.32. The van der Waals surface area contributed by atoms with E-state index in [1.54, 1.807) is 0 Å². The van der Waals surface area contributed by atoms with Crippen LogP contribution in [0.15, 0.2) is 431 Å². The molecule has 4 nitrogen and oxygen atoms in total. The summed E-state index contributed by atoms with van der Waals surface area (Å²) in [5.74, 6) is 0. The summed E-state index contributed by atoms with van der Waals surface area (Å²) in [6.07, 6.45) is 0. The molecule has 0 saturated heterocycles. The SMILES string of the molecule is CC(C)(C)c1ccc2c(c1)sc1c(-c3cc(N(c4ccc5ccccc5c4)c4ccc5ccccc5c4)cc(N(c4ccc5ccccc5c4)c4ccc5ccccc5c4)c3)cccc12.Cc1cc(C)cc(N(c2cc(C)cc(C)c2)c2cc(-c3cccc4c3sc3cc(-c5ccccc5)ccc34)cc(N(c3cccc4ccccc34)c3cccc4ccccc34)c2)c1. The van der Waals surface area contributed by atoms with Crippen molar-refractivity contribution in [3.05, 3.63) is 459 Å². The predicted octanol–water partition coefficient (Wildman–Crippen LogP) is 36.4. The van der Waals surface area contributed by atoms with E-state index in [1.807, 2.05) is 22.7 Å². The molecule has 0 aliphatic carbocycles. The van der Waals surface area contributed by atoms with Crippen molar-refractivity contribution in [2.75, 3.05) is 19.6 Å². The Hall–Kier alpha value is -15.2. The summed E-state index contributed by atoms with van der Waals surface area (Å²) in [5.41, 5.74) is 26.8. The molecule has 0 radical (unpaired) electrons. The number of rotatable bonds is 15. The minimum absolute atomic E-state index is 0.0560. The molecular formula is C122H92N4S2. The lowest BCUT2D eigenvalue weighted by atomic mass is 9.87. The molecule has 128 heavy (non-hydrogen) atoms. The van der Waals surface area contributed by atoms with Crippen LogP contribution in [0.25, 0.3) is 138 Å². The van der Waals surface area contributed by atoms with Crippen molar-refractivity contribution >= 4 is 196 Å². The van der Waals surface area contributed by atoms with E-state index >= 15 is 0 Å². The van der Waals surface area contributed by atoms with Crippen LogP contribution in [0, 0.1) is 27.7 Å². The number of fused-ring (bicyclic) bond motifs is 12. The van der Waals surface area contributed by atoms with Crippen LogP contribution in [0.3, 0.4) is 0 Å². The van der Waals surface area contributed by atoms with E-state index in [0.29, 0.717) is 0 Å². The van der Waals surface area contributed by atoms with Gasteiger partial charge in [-0.15, -0.1) is 22.7 Å². The number of anilines is 12. The molecule has 0 saturated carbocycles. The number of aryl methyl sites for hydroxylation is 4. The van der Waals surface area contributed by atoms with Gasteiger partial charge in [0, 0.05) is 108 Å². The van der Waals surface area contributed by atoms with Crippen LogP contribution in [0.5, 0.6) is 0 Å². The number of hydrogen-bond donors (Lipinski definition) is 0. The maximum atomic E-state index is 2.50. The van der Waals surface area contributed by atoms with E-state index in [4.69, 9.17) is 0 Å². The Morgan fingerprint density at radius 2 is 0.508 bits per heavy atom. The smallest absolute Gasteiger partial charge is 0.0540 e. The van der Waals surface area contributed by atoms with Gasteiger partial charge in [0.1, 0.15) is 0 Å². The minimum Gasteiger partial charge on any atom is -0.310 e. The molecule has 23 rings (SSSR count). The van der Waals surface area contributed by atoms with Gasteiger partial charge in [0.2, 0.25) is 0 Å². The molecular weight excluding hydrogens is 1590 g/mol. The van der Waals surface area contributed by atoms with Gasteiger partial charge in [0.25, 0.3) is 0 Å². The maximum Gasteiger partial charge on any atom is 0.0540 e. The van der Waals surface area contributed by atoms with Gasteiger partial charge in [-0.05, 0) is 282 Å². The summed E-state index contributed by atoms with van der Waals surface area (Å²) < 4.78 is 5.18. The van der Waals surface area contributed by atoms with Crippen LogP contribution in [0.1, 0.15) is 48.6 Å². The van der Waals surface area contributed by atoms with Gasteiger partial charge in [0.05, 0.1) is 11.4 Å². The Kier molecular flexibility index (Phi) is 20.1. The highest BCUT2D eigenvalue weighted by Gasteiger charge is 2.28. The van der Waals surface area contributed by atoms with Crippen LogP contribution < -0.4 is 19.6 Å². The third kappa shape index (κ3) is 15.0. The maximum absolute atomic E-state index is 2.50. The largest absolute Gasteiger partial charge is 0.310 e. The predicted molar refractivity (Wildman–Crippen MR) is 556 cm³/mol. The van der Waals surface area contributed by atoms with Gasteiger partial charge in [-0.1, -0.05) is 318 Å². The zero-order chi connectivity index (χ0) is 86.3. The minimum atomic E-state index is 0.0560. The molecule has 2 heterocycles. The van der Waals surface area contributed by atoms with Gasteiger partial charge in [-0.25, -0.2) is 0 Å². The molecule has 2 aromatic heterocycles. The van der Waals surface area contributed by atoms with Crippen LogP contribution >= 0.6 is 22.7 Å². The Balaban J connectivity index is 0.000000151. The fourth-order valence-electron chi connectivity index (χ4n) is 19.3. The average Bonchev–Trinajstić information content (AvgIpc) is 1.54. The molecule has 21 aromatic carbocycles. The van der Waals surface area contributed by atoms with E-state index in [9.17, 15) is 0 Å². The summed E-state index contributed by atoms with van der Waals surface area (Å²) in [5, 5.41) is 19.6. The Labute approximate surface area is 755 Å². The first-order valence-electron chi connectivity index (χ1n) is 44.2.